The molecule has 3 heteroatoms. The third-order valence-corrected chi connectivity index (χ3v) is 26.1. The second-order valence-corrected chi connectivity index (χ2v) is 33.1. The Morgan fingerprint density at radius 2 is 0.436 bits per heavy atom. The van der Waals surface area contributed by atoms with E-state index >= 15 is 0 Å². The van der Waals surface area contributed by atoms with E-state index in [4.69, 9.17) is 13.3 Å². The fourth-order valence-corrected chi connectivity index (χ4v) is 20.6. The number of hydrogen-bond donors (Lipinski definition) is 0. The van der Waals surface area contributed by atoms with Gasteiger partial charge in [-0.15, -0.1) is 0 Å². The first-order valence-electron chi connectivity index (χ1n) is 40.7. The highest BCUT2D eigenvalue weighted by Crippen LogP contribution is 2.56. The van der Waals surface area contributed by atoms with Crippen molar-refractivity contribution in [3.63, 3.8) is 0 Å². The molecule has 0 aliphatic heterocycles. The summed E-state index contributed by atoms with van der Waals surface area (Å²) >= 11 is 0. The molecule has 0 N–H and O–H groups in total. The number of benzene rings is 20. The molecule has 0 unspecified atom stereocenters. The van der Waals surface area contributed by atoms with Gasteiger partial charge in [0.2, 0.25) is 0 Å². The van der Waals surface area contributed by atoms with Crippen molar-refractivity contribution in [1.29, 1.82) is 0 Å². The third kappa shape index (κ3) is 10.1. The van der Waals surface area contributed by atoms with Gasteiger partial charge >= 0.3 is 0 Å². The number of para-hydroxylation sites is 1. The van der Waals surface area contributed by atoms with E-state index in [0.29, 0.717) is 0 Å². The van der Waals surface area contributed by atoms with Crippen LogP contribution < -0.4 is 0 Å². The van der Waals surface area contributed by atoms with Gasteiger partial charge in [-0.3, -0.25) is 0 Å². The lowest BCUT2D eigenvalue weighted by Crippen LogP contribution is -2.14. The maximum absolute atomic E-state index is 6.58. The van der Waals surface area contributed by atoms with Crippen LogP contribution in [0.25, 0.3) is 231 Å². The number of fused-ring (bicyclic) bond motifs is 23. The van der Waals surface area contributed by atoms with E-state index in [1.54, 1.807) is 0 Å². The molecule has 23 aromatic rings. The Labute approximate surface area is 676 Å². The maximum atomic E-state index is 6.58. The molecule has 3 heterocycles. The lowest BCUT2D eigenvalue weighted by Gasteiger charge is -2.21. The topological polar surface area (TPSA) is 39.4 Å². The van der Waals surface area contributed by atoms with Crippen LogP contribution in [0.5, 0.6) is 0 Å². The van der Waals surface area contributed by atoms with Crippen LogP contribution in [-0.4, -0.2) is 0 Å². The summed E-state index contributed by atoms with van der Waals surface area (Å²) in [5, 5.41) is 21.9. The zero-order valence-electron chi connectivity index (χ0n) is 65.0. The third-order valence-electron chi connectivity index (χ3n) is 26.1. The number of hydrogen-bond acceptors (Lipinski definition) is 3. The Hall–Kier alpha value is -14.6. The van der Waals surface area contributed by atoms with E-state index in [2.05, 4.69) is 392 Å². The van der Waals surface area contributed by atoms with Gasteiger partial charge in [-0.25, -0.2) is 0 Å². The van der Waals surface area contributed by atoms with Crippen molar-refractivity contribution in [3.05, 3.63) is 398 Å². The zero-order valence-corrected chi connectivity index (χ0v) is 65.0. The van der Waals surface area contributed by atoms with Gasteiger partial charge in [0.1, 0.15) is 33.5 Å². The summed E-state index contributed by atoms with van der Waals surface area (Å²) in [6.07, 6.45) is 0. The molecule has 20 aromatic carbocycles. The predicted molar refractivity (Wildman–Crippen MR) is 493 cm³/mol. The lowest BCUT2D eigenvalue weighted by molar-refractivity contribution is 0.661. The maximum Gasteiger partial charge on any atom is 0.135 e. The van der Waals surface area contributed by atoms with Crippen molar-refractivity contribution in [2.45, 2.75) is 38.5 Å². The molecule has 0 atom stereocenters. The van der Waals surface area contributed by atoms with E-state index in [0.717, 1.165) is 71.4 Å². The summed E-state index contributed by atoms with van der Waals surface area (Å²) < 4.78 is 19.3. The average molecular weight is 1490 g/mol. The first-order valence-corrected chi connectivity index (χ1v) is 40.7. The highest BCUT2D eigenvalue weighted by molar-refractivity contribution is 6.25. The molecule has 0 spiro atoms. The summed E-state index contributed by atoms with van der Waals surface area (Å²) in [6, 6.07) is 138. The minimum Gasteiger partial charge on any atom is -0.456 e. The summed E-state index contributed by atoms with van der Waals surface area (Å²) in [5.74, 6) is 0. The second kappa shape index (κ2) is 25.4. The summed E-state index contributed by atoms with van der Waals surface area (Å²) in [5.41, 5.74) is 33.2. The van der Waals surface area contributed by atoms with Crippen molar-refractivity contribution in [1.82, 2.24) is 0 Å². The Balaban J connectivity index is 0.000000137. The highest BCUT2D eigenvalue weighted by Gasteiger charge is 2.39. The Kier molecular flexibility index (Phi) is 14.5. The predicted octanol–water partition coefficient (Wildman–Crippen LogP) is 32.3. The minimum atomic E-state index is -0.0739. The van der Waals surface area contributed by atoms with Gasteiger partial charge in [-0.1, -0.05) is 325 Å². The van der Waals surface area contributed by atoms with Gasteiger partial charge in [0.25, 0.3) is 0 Å². The Morgan fingerprint density at radius 3 is 0.872 bits per heavy atom. The van der Waals surface area contributed by atoms with Crippen LogP contribution in [-0.2, 0) is 10.8 Å². The molecule has 25 rings (SSSR count). The van der Waals surface area contributed by atoms with Gasteiger partial charge in [0.05, 0.1) is 0 Å². The van der Waals surface area contributed by atoms with Crippen LogP contribution in [0.1, 0.15) is 49.9 Å². The van der Waals surface area contributed by atoms with Gasteiger partial charge < -0.3 is 13.3 Å². The standard InChI is InChI=1S/C63H40O2.C51H34O/c1-63(2)54-28-24-38(34-53(54)62-43-15-4-3-13-37(43)23-29-55(62)63)39-25-30-58-51(33-39)52-36-41(27-32-59(52)65-58)60-46-18-7-9-20-48(46)61(49-21-10-8-19-47(49)60)45-17-6-5-14-42(45)40-26-31-57-50(35-40)44-16-11-12-22-56(44)64-57;1-51(2)44-24-21-33(29-43(44)50-36-15-7-6-12-31(36)20-25-45(50)51)34-22-26-46-41(28-34)42-30-35(23-27-47(42)52-46)49-39-18-10-8-16-37(39)48(32-13-4-3-5-14-32)38-17-9-11-19-40(38)49/h3-36H,1-2H3;3-30H,1-2H3. The molecule has 3 nitrogen and oxygen atoms in total. The molecule has 2 aliphatic carbocycles. The van der Waals surface area contributed by atoms with Crippen molar-refractivity contribution in [2.24, 2.45) is 0 Å². The van der Waals surface area contributed by atoms with Crippen molar-refractivity contribution < 1.29 is 13.3 Å². The minimum absolute atomic E-state index is 0.0536. The largest absolute Gasteiger partial charge is 0.456 e. The van der Waals surface area contributed by atoms with E-state index in [9.17, 15) is 0 Å². The molecule has 0 radical (unpaired) electrons. The van der Waals surface area contributed by atoms with Crippen molar-refractivity contribution >= 4 is 130 Å². The average Bonchev–Trinajstić information content (AvgIpc) is 1.18. The Bertz CT molecular complexity index is 8080. The molecule has 548 valence electrons. The molecular weight excluding hydrogens is 1420 g/mol. The molecule has 0 fully saturated rings. The molecule has 2 aliphatic rings. The fourth-order valence-electron chi connectivity index (χ4n) is 20.6. The van der Waals surface area contributed by atoms with E-state index in [-0.39, 0.29) is 10.8 Å². The van der Waals surface area contributed by atoms with Gasteiger partial charge in [0, 0.05) is 43.1 Å². The van der Waals surface area contributed by atoms with Crippen molar-refractivity contribution in [3.8, 4) is 100 Å². The van der Waals surface area contributed by atoms with Gasteiger partial charge in [0.15, 0.2) is 0 Å². The molecule has 0 amide bonds. The van der Waals surface area contributed by atoms with Crippen LogP contribution in [0.15, 0.2) is 389 Å². The zero-order chi connectivity index (χ0) is 77.5. The highest BCUT2D eigenvalue weighted by atomic mass is 16.3. The fraction of sp³-hybridized carbons (Fsp3) is 0.0526. The first kappa shape index (κ1) is 66.9. The van der Waals surface area contributed by atoms with Crippen LogP contribution in [0.3, 0.4) is 0 Å². The molecule has 3 aromatic heterocycles. The SMILES string of the molecule is CC1(C)c2ccc(-c3ccc4oc5ccc(-c6c7ccccc7c(-c7ccccc7)c7ccccc67)cc5c4c3)cc2-c2c1ccc1ccccc21.CC1(C)c2ccc(-c3ccc4oc5ccc(-c6c7ccccc7c(-c7ccccc7-c7ccc8oc9ccccc9c8c7)c7ccccc67)cc5c4c3)cc2-c2c1ccc1ccccc21. The number of furan rings is 3. The molecule has 0 bridgehead atoms. The van der Waals surface area contributed by atoms with E-state index < -0.39 is 0 Å². The molecule has 0 saturated carbocycles. The van der Waals surface area contributed by atoms with Crippen molar-refractivity contribution in [2.75, 3.05) is 0 Å². The van der Waals surface area contributed by atoms with Crippen LogP contribution >= 0.6 is 0 Å². The monoisotopic (exact) mass is 1490 g/mol. The summed E-state index contributed by atoms with van der Waals surface area (Å²) in [6.45, 7) is 9.43. The van der Waals surface area contributed by atoms with E-state index in [1.807, 2.05) is 12.1 Å². The first-order chi connectivity index (χ1) is 57.5. The van der Waals surface area contributed by atoms with Crippen LogP contribution in [0.4, 0.5) is 0 Å². The quantitative estimate of drug-likeness (QED) is 0.149. The van der Waals surface area contributed by atoms with Gasteiger partial charge in [-0.05, 0) is 266 Å². The molecular formula is C114H74O3. The van der Waals surface area contributed by atoms with Crippen LogP contribution in [0.2, 0.25) is 0 Å². The second-order valence-electron chi connectivity index (χ2n) is 33.1. The number of rotatable bonds is 7. The Morgan fingerprint density at radius 1 is 0.154 bits per heavy atom. The molecule has 0 saturated heterocycles. The lowest BCUT2D eigenvalue weighted by atomic mass is 9.82. The van der Waals surface area contributed by atoms with E-state index in [1.165, 1.54) is 181 Å². The smallest absolute Gasteiger partial charge is 0.135 e. The van der Waals surface area contributed by atoms with Crippen LogP contribution in [0, 0.1) is 0 Å². The summed E-state index contributed by atoms with van der Waals surface area (Å²) in [7, 11) is 0. The van der Waals surface area contributed by atoms with Gasteiger partial charge in [-0.2, -0.15) is 0 Å². The molecule has 117 heavy (non-hydrogen) atoms. The summed E-state index contributed by atoms with van der Waals surface area (Å²) in [4.78, 5) is 0. The normalized spacial score (nSPS) is 13.3.